The van der Waals surface area contributed by atoms with E-state index in [2.05, 4.69) is 10.4 Å². The van der Waals surface area contributed by atoms with E-state index in [-0.39, 0.29) is 55.0 Å². The third-order valence-electron chi connectivity index (χ3n) is 7.22. The van der Waals surface area contributed by atoms with Crippen molar-refractivity contribution in [2.24, 2.45) is 7.05 Å². The monoisotopic (exact) mass is 540 g/mol. The van der Waals surface area contributed by atoms with E-state index in [9.17, 15) is 27.5 Å². The first-order valence-corrected chi connectivity index (χ1v) is 13.6. The molecule has 1 aliphatic carbocycles. The van der Waals surface area contributed by atoms with Crippen LogP contribution in [0.4, 0.5) is 4.39 Å². The number of benzene rings is 1. The third-order valence-corrected chi connectivity index (χ3v) is 10.9. The number of carbonyl (C=O) groups is 2. The number of aliphatic hydroxyl groups is 1. The molecule has 0 saturated heterocycles. The lowest BCUT2D eigenvalue weighted by molar-refractivity contribution is 0.0724. The Bertz CT molecular complexity index is 1320. The Morgan fingerprint density at radius 3 is 2.64 bits per heavy atom. The van der Waals surface area contributed by atoms with Crippen molar-refractivity contribution in [3.63, 3.8) is 0 Å². The Balaban J connectivity index is 1.50. The van der Waals surface area contributed by atoms with Crippen LogP contribution < -0.4 is 5.32 Å². The third kappa shape index (κ3) is 4.52. The van der Waals surface area contributed by atoms with Crippen LogP contribution in [0.5, 0.6) is 0 Å². The SMILES string of the molecule is Cn1nc(C(=O)NCc2ccc(Cl)c(F)c2)c2c1C(=O)N(CC1(S(=O)(=O)C(C)(C)CCO)CC1)CC2. The number of halogens is 2. The van der Waals surface area contributed by atoms with Gasteiger partial charge in [0, 0.05) is 38.9 Å². The molecule has 2 aromatic rings. The quantitative estimate of drug-likeness (QED) is 0.503. The summed E-state index contributed by atoms with van der Waals surface area (Å²) in [6, 6.07) is 4.25. The number of sulfone groups is 1. The summed E-state index contributed by atoms with van der Waals surface area (Å²) in [5.74, 6) is -1.44. The van der Waals surface area contributed by atoms with Crippen LogP contribution >= 0.6 is 11.6 Å². The fraction of sp³-hybridized carbons (Fsp3) is 0.542. The van der Waals surface area contributed by atoms with Crippen molar-refractivity contribution >= 4 is 33.3 Å². The zero-order valence-corrected chi connectivity index (χ0v) is 22.0. The number of aliphatic hydroxyl groups excluding tert-OH is 1. The minimum Gasteiger partial charge on any atom is -0.396 e. The van der Waals surface area contributed by atoms with Crippen molar-refractivity contribution in [2.45, 2.75) is 55.6 Å². The van der Waals surface area contributed by atoms with E-state index in [0.29, 0.717) is 30.4 Å². The maximum absolute atomic E-state index is 13.7. The number of fused-ring (bicyclic) bond motifs is 1. The second-order valence-corrected chi connectivity index (χ2v) is 13.5. The highest BCUT2D eigenvalue weighted by molar-refractivity contribution is 7.94. The van der Waals surface area contributed by atoms with Crippen molar-refractivity contribution in [3.8, 4) is 0 Å². The van der Waals surface area contributed by atoms with E-state index in [1.807, 2.05) is 0 Å². The molecule has 0 unspecified atom stereocenters. The van der Waals surface area contributed by atoms with Crippen molar-refractivity contribution in [3.05, 3.63) is 51.6 Å². The van der Waals surface area contributed by atoms with Crippen molar-refractivity contribution < 1.29 is 27.5 Å². The molecule has 2 N–H and O–H groups in total. The minimum absolute atomic E-state index is 0.00956. The molecule has 4 rings (SSSR count). The molecular weight excluding hydrogens is 511 g/mol. The average Bonchev–Trinajstić information content (AvgIpc) is 3.52. The smallest absolute Gasteiger partial charge is 0.272 e. The van der Waals surface area contributed by atoms with Gasteiger partial charge in [0.2, 0.25) is 0 Å². The number of amides is 2. The maximum Gasteiger partial charge on any atom is 0.272 e. The second kappa shape index (κ2) is 9.42. The van der Waals surface area contributed by atoms with E-state index in [4.69, 9.17) is 11.6 Å². The zero-order chi connectivity index (χ0) is 26.5. The molecule has 1 fully saturated rings. The fourth-order valence-electron chi connectivity index (χ4n) is 4.81. The Morgan fingerprint density at radius 2 is 2.03 bits per heavy atom. The second-order valence-electron chi connectivity index (χ2n) is 10.1. The fourth-order valence-corrected chi connectivity index (χ4v) is 7.42. The lowest BCUT2D eigenvalue weighted by Crippen LogP contribution is -2.50. The molecule has 0 bridgehead atoms. The Hall–Kier alpha value is -2.50. The highest BCUT2D eigenvalue weighted by atomic mass is 35.5. The molecule has 2 amide bonds. The number of hydrogen-bond donors (Lipinski definition) is 2. The predicted molar refractivity (Wildman–Crippen MR) is 132 cm³/mol. The highest BCUT2D eigenvalue weighted by Crippen LogP contribution is 2.50. The summed E-state index contributed by atoms with van der Waals surface area (Å²) in [5.41, 5.74) is 1.41. The van der Waals surface area contributed by atoms with Crippen LogP contribution in [-0.4, -0.2) is 69.2 Å². The average molecular weight is 541 g/mol. The molecule has 2 heterocycles. The van der Waals surface area contributed by atoms with Crippen LogP contribution in [0, 0.1) is 5.82 Å². The molecule has 9 nitrogen and oxygen atoms in total. The van der Waals surface area contributed by atoms with Gasteiger partial charge in [-0.15, -0.1) is 0 Å². The normalized spacial score (nSPS) is 17.2. The van der Waals surface area contributed by atoms with E-state index in [0.717, 1.165) is 0 Å². The minimum atomic E-state index is -3.62. The largest absolute Gasteiger partial charge is 0.396 e. The summed E-state index contributed by atoms with van der Waals surface area (Å²) in [7, 11) is -2.05. The summed E-state index contributed by atoms with van der Waals surface area (Å²) in [5, 5.41) is 16.3. The molecule has 36 heavy (non-hydrogen) atoms. The van der Waals surface area contributed by atoms with Crippen LogP contribution in [0.1, 0.15) is 65.2 Å². The van der Waals surface area contributed by atoms with Crippen molar-refractivity contribution in [1.82, 2.24) is 20.0 Å². The van der Waals surface area contributed by atoms with Crippen LogP contribution in [0.3, 0.4) is 0 Å². The summed E-state index contributed by atoms with van der Waals surface area (Å²) < 4.78 is 39.7. The molecule has 1 aromatic carbocycles. The predicted octanol–water partition coefficient (Wildman–Crippen LogP) is 2.25. The van der Waals surface area contributed by atoms with Gasteiger partial charge in [-0.2, -0.15) is 5.10 Å². The van der Waals surface area contributed by atoms with E-state index in [1.54, 1.807) is 27.0 Å². The first-order valence-electron chi connectivity index (χ1n) is 11.8. The van der Waals surface area contributed by atoms with E-state index >= 15 is 0 Å². The Labute approximate surface area is 214 Å². The Morgan fingerprint density at radius 1 is 1.33 bits per heavy atom. The molecule has 0 radical (unpaired) electrons. The molecule has 0 atom stereocenters. The maximum atomic E-state index is 13.7. The number of hydrogen-bond acceptors (Lipinski definition) is 6. The zero-order valence-electron chi connectivity index (χ0n) is 20.5. The first kappa shape index (κ1) is 26.6. The molecule has 1 saturated carbocycles. The van der Waals surface area contributed by atoms with Crippen molar-refractivity contribution in [2.75, 3.05) is 19.7 Å². The first-order chi connectivity index (χ1) is 16.8. The lowest BCUT2D eigenvalue weighted by Gasteiger charge is -2.35. The molecule has 2 aliphatic rings. The summed E-state index contributed by atoms with van der Waals surface area (Å²) in [4.78, 5) is 27.8. The number of nitrogens with one attached hydrogen (secondary N) is 1. The lowest BCUT2D eigenvalue weighted by atomic mass is 10.0. The van der Waals surface area contributed by atoms with Gasteiger partial charge in [-0.3, -0.25) is 14.3 Å². The van der Waals surface area contributed by atoms with Crippen LogP contribution in [-0.2, 0) is 29.9 Å². The summed E-state index contributed by atoms with van der Waals surface area (Å²) in [6.45, 7) is 3.37. The van der Waals surface area contributed by atoms with Gasteiger partial charge in [-0.1, -0.05) is 17.7 Å². The Kier molecular flexibility index (Phi) is 6.95. The number of carbonyl (C=O) groups excluding carboxylic acids is 2. The van der Waals surface area contributed by atoms with Gasteiger partial charge in [-0.05, 0) is 57.2 Å². The van der Waals surface area contributed by atoms with Crippen LogP contribution in [0.15, 0.2) is 18.2 Å². The molecular formula is C24H30ClFN4O5S. The molecule has 12 heteroatoms. The van der Waals surface area contributed by atoms with E-state index in [1.165, 1.54) is 21.7 Å². The molecule has 196 valence electrons. The highest BCUT2D eigenvalue weighted by Gasteiger charge is 2.60. The summed E-state index contributed by atoms with van der Waals surface area (Å²) in [6.07, 6.45) is 1.40. The van der Waals surface area contributed by atoms with Gasteiger partial charge in [0.15, 0.2) is 15.5 Å². The molecule has 1 aromatic heterocycles. The topological polar surface area (TPSA) is 122 Å². The van der Waals surface area contributed by atoms with Gasteiger partial charge in [0.25, 0.3) is 11.8 Å². The van der Waals surface area contributed by atoms with Crippen molar-refractivity contribution in [1.29, 1.82) is 0 Å². The number of aromatic nitrogens is 2. The van der Waals surface area contributed by atoms with Gasteiger partial charge in [0.1, 0.15) is 11.5 Å². The number of rotatable bonds is 9. The number of aryl methyl sites for hydroxylation is 1. The van der Waals surface area contributed by atoms with Gasteiger partial charge >= 0.3 is 0 Å². The van der Waals surface area contributed by atoms with E-state index < -0.39 is 31.1 Å². The van der Waals surface area contributed by atoms with Gasteiger partial charge < -0.3 is 15.3 Å². The van der Waals surface area contributed by atoms with Crippen LogP contribution in [0.2, 0.25) is 5.02 Å². The van der Waals surface area contributed by atoms with Gasteiger partial charge in [-0.25, -0.2) is 12.8 Å². The standard InChI is InChI=1S/C24H30ClFN4O5S/c1-23(2,9-11-31)36(34,35)24(7-8-24)14-30-10-6-16-19(28-29(3)20(16)22(30)33)21(32)27-13-15-4-5-17(25)18(26)12-15/h4-5,12,31H,6-11,13-14H2,1-3H3,(H,27,32). The molecule has 0 spiro atoms. The van der Waals surface area contributed by atoms with Crippen LogP contribution in [0.25, 0.3) is 0 Å². The van der Waals surface area contributed by atoms with Gasteiger partial charge in [0.05, 0.1) is 14.5 Å². The molecule has 1 aliphatic heterocycles. The summed E-state index contributed by atoms with van der Waals surface area (Å²) >= 11 is 5.70. The number of nitrogens with zero attached hydrogens (tertiary/aromatic N) is 3.